The van der Waals surface area contributed by atoms with Gasteiger partial charge in [-0.25, -0.2) is 9.65 Å². The standard InChI is InChI=1S/C8H11ClNO3P/c1-10-14(11,12-2)13-8-5-3-7(9)4-6-8/h3-6H,1-2H3,(H,10,11). The Balaban J connectivity index is 2.78. The first-order chi connectivity index (χ1) is 6.59. The molecule has 14 heavy (non-hydrogen) atoms. The van der Waals surface area contributed by atoms with E-state index in [4.69, 9.17) is 20.6 Å². The van der Waals surface area contributed by atoms with Crippen LogP contribution in [0.25, 0.3) is 0 Å². The normalized spacial score (nSPS) is 14.8. The minimum atomic E-state index is -3.21. The summed E-state index contributed by atoms with van der Waals surface area (Å²) < 4.78 is 21.4. The highest BCUT2D eigenvalue weighted by Gasteiger charge is 2.21. The number of hydrogen-bond donors (Lipinski definition) is 1. The average Bonchev–Trinajstić information content (AvgIpc) is 2.21. The second-order valence-corrected chi connectivity index (χ2v) is 4.88. The molecule has 1 rings (SSSR count). The van der Waals surface area contributed by atoms with Crippen LogP contribution in [-0.2, 0) is 9.09 Å². The Kier molecular flexibility index (Phi) is 3.96. The van der Waals surface area contributed by atoms with Gasteiger partial charge in [0, 0.05) is 12.1 Å². The molecular weight excluding hydrogens is 225 g/mol. The van der Waals surface area contributed by atoms with E-state index in [1.807, 2.05) is 0 Å². The lowest BCUT2D eigenvalue weighted by Gasteiger charge is -2.15. The molecule has 1 atom stereocenters. The molecule has 4 nitrogen and oxygen atoms in total. The molecule has 0 aliphatic carbocycles. The Bertz CT molecular complexity index is 333. The zero-order chi connectivity index (χ0) is 10.6. The molecule has 6 heteroatoms. The average molecular weight is 236 g/mol. The lowest BCUT2D eigenvalue weighted by Crippen LogP contribution is -2.09. The van der Waals surface area contributed by atoms with E-state index in [1.54, 1.807) is 24.3 Å². The van der Waals surface area contributed by atoms with Gasteiger partial charge in [-0.05, 0) is 31.3 Å². The monoisotopic (exact) mass is 235 g/mol. The van der Waals surface area contributed by atoms with Crippen molar-refractivity contribution in [1.29, 1.82) is 0 Å². The Labute approximate surface area is 87.8 Å². The predicted molar refractivity (Wildman–Crippen MR) is 55.8 cm³/mol. The summed E-state index contributed by atoms with van der Waals surface area (Å²) in [5.41, 5.74) is 0. The minimum Gasteiger partial charge on any atom is -0.413 e. The van der Waals surface area contributed by atoms with Crippen LogP contribution in [0, 0.1) is 0 Å². The number of nitrogens with one attached hydrogen (secondary N) is 1. The van der Waals surface area contributed by atoms with Crippen LogP contribution in [0.1, 0.15) is 0 Å². The van der Waals surface area contributed by atoms with Crippen LogP contribution in [0.2, 0.25) is 5.02 Å². The fraction of sp³-hybridized carbons (Fsp3) is 0.250. The van der Waals surface area contributed by atoms with Crippen LogP contribution in [0.4, 0.5) is 0 Å². The van der Waals surface area contributed by atoms with Crippen LogP contribution in [0.3, 0.4) is 0 Å². The molecule has 78 valence electrons. The van der Waals surface area contributed by atoms with Gasteiger partial charge in [0.25, 0.3) is 0 Å². The van der Waals surface area contributed by atoms with E-state index < -0.39 is 7.75 Å². The molecule has 1 aromatic rings. The number of hydrogen-bond acceptors (Lipinski definition) is 3. The van der Waals surface area contributed by atoms with Crippen molar-refractivity contribution in [2.24, 2.45) is 0 Å². The third-order valence-electron chi connectivity index (χ3n) is 1.55. The first-order valence-corrected chi connectivity index (χ1v) is 5.81. The maximum absolute atomic E-state index is 11.6. The molecule has 0 fully saturated rings. The summed E-state index contributed by atoms with van der Waals surface area (Å²) in [4.78, 5) is 0. The second kappa shape index (κ2) is 4.80. The van der Waals surface area contributed by atoms with Crippen molar-refractivity contribution >= 4 is 19.3 Å². The molecule has 0 amide bonds. The molecule has 1 unspecified atom stereocenters. The highest BCUT2D eigenvalue weighted by Crippen LogP contribution is 2.42. The Morgan fingerprint density at radius 1 is 1.36 bits per heavy atom. The molecule has 0 aromatic heterocycles. The molecule has 0 radical (unpaired) electrons. The van der Waals surface area contributed by atoms with Crippen molar-refractivity contribution in [3.05, 3.63) is 29.3 Å². The van der Waals surface area contributed by atoms with Crippen molar-refractivity contribution < 1.29 is 13.6 Å². The zero-order valence-electron chi connectivity index (χ0n) is 7.86. The molecule has 0 bridgehead atoms. The molecule has 0 saturated carbocycles. The first kappa shape index (κ1) is 11.5. The third kappa shape index (κ3) is 3.00. The van der Waals surface area contributed by atoms with E-state index in [9.17, 15) is 4.57 Å². The highest BCUT2D eigenvalue weighted by atomic mass is 35.5. The Morgan fingerprint density at radius 2 is 1.93 bits per heavy atom. The number of rotatable bonds is 4. The van der Waals surface area contributed by atoms with E-state index in [0.29, 0.717) is 10.8 Å². The van der Waals surface area contributed by atoms with Gasteiger partial charge in [0.05, 0.1) is 0 Å². The maximum atomic E-state index is 11.6. The third-order valence-corrected chi connectivity index (χ3v) is 3.29. The topological polar surface area (TPSA) is 47.6 Å². The summed E-state index contributed by atoms with van der Waals surface area (Å²) in [6.07, 6.45) is 0. The van der Waals surface area contributed by atoms with Gasteiger partial charge in [-0.15, -0.1) is 0 Å². The summed E-state index contributed by atoms with van der Waals surface area (Å²) in [5, 5.41) is 3.06. The summed E-state index contributed by atoms with van der Waals surface area (Å²) in [6, 6.07) is 6.52. The van der Waals surface area contributed by atoms with Gasteiger partial charge >= 0.3 is 7.75 Å². The van der Waals surface area contributed by atoms with E-state index in [2.05, 4.69) is 5.09 Å². The summed E-state index contributed by atoms with van der Waals surface area (Å²) in [6.45, 7) is 0. The fourth-order valence-corrected chi connectivity index (χ4v) is 1.68. The van der Waals surface area contributed by atoms with Crippen molar-refractivity contribution in [1.82, 2.24) is 5.09 Å². The molecule has 0 spiro atoms. The minimum absolute atomic E-state index is 0.439. The largest absolute Gasteiger partial charge is 0.458 e. The number of benzene rings is 1. The lowest BCUT2D eigenvalue weighted by molar-refractivity contribution is 0.313. The van der Waals surface area contributed by atoms with Crippen LogP contribution in [-0.4, -0.2) is 14.2 Å². The van der Waals surface area contributed by atoms with Gasteiger partial charge in [-0.1, -0.05) is 11.6 Å². The summed E-state index contributed by atoms with van der Waals surface area (Å²) in [7, 11) is -0.398. The van der Waals surface area contributed by atoms with Crippen molar-refractivity contribution in [2.45, 2.75) is 0 Å². The van der Waals surface area contributed by atoms with Crippen molar-refractivity contribution in [3.63, 3.8) is 0 Å². The van der Waals surface area contributed by atoms with Gasteiger partial charge < -0.3 is 4.52 Å². The number of halogens is 1. The molecule has 1 N–H and O–H groups in total. The fourth-order valence-electron chi connectivity index (χ4n) is 0.808. The van der Waals surface area contributed by atoms with E-state index in [1.165, 1.54) is 14.2 Å². The van der Waals surface area contributed by atoms with Crippen LogP contribution in [0.15, 0.2) is 24.3 Å². The van der Waals surface area contributed by atoms with E-state index in [-0.39, 0.29) is 0 Å². The molecule has 0 heterocycles. The SMILES string of the molecule is CNP(=O)(OC)Oc1ccc(Cl)cc1. The van der Waals surface area contributed by atoms with E-state index in [0.717, 1.165) is 0 Å². The van der Waals surface area contributed by atoms with Gasteiger partial charge in [0.1, 0.15) is 5.75 Å². The van der Waals surface area contributed by atoms with Crippen LogP contribution in [0.5, 0.6) is 5.75 Å². The predicted octanol–water partition coefficient (Wildman–Crippen LogP) is 2.69. The van der Waals surface area contributed by atoms with E-state index >= 15 is 0 Å². The highest BCUT2D eigenvalue weighted by molar-refractivity contribution is 7.52. The van der Waals surface area contributed by atoms with Gasteiger partial charge in [-0.2, -0.15) is 0 Å². The van der Waals surface area contributed by atoms with Crippen molar-refractivity contribution in [3.8, 4) is 5.75 Å². The summed E-state index contributed by atoms with van der Waals surface area (Å²) in [5.74, 6) is 0.439. The quantitative estimate of drug-likeness (QED) is 0.815. The molecule has 1 aromatic carbocycles. The van der Waals surface area contributed by atoms with Gasteiger partial charge in [0.2, 0.25) is 0 Å². The lowest BCUT2D eigenvalue weighted by atomic mass is 10.3. The molecular formula is C8H11ClNO3P. The van der Waals surface area contributed by atoms with Crippen LogP contribution >= 0.6 is 19.3 Å². The zero-order valence-corrected chi connectivity index (χ0v) is 9.51. The molecule has 0 aliphatic rings. The van der Waals surface area contributed by atoms with Gasteiger partial charge in [-0.3, -0.25) is 4.52 Å². The smallest absolute Gasteiger partial charge is 0.413 e. The van der Waals surface area contributed by atoms with Gasteiger partial charge in [0.15, 0.2) is 0 Å². The van der Waals surface area contributed by atoms with Crippen molar-refractivity contribution in [2.75, 3.05) is 14.2 Å². The van der Waals surface area contributed by atoms with Crippen LogP contribution < -0.4 is 9.61 Å². The first-order valence-electron chi connectivity index (χ1n) is 3.89. The molecule has 0 aliphatic heterocycles. The molecule has 0 saturated heterocycles. The Morgan fingerprint density at radius 3 is 2.36 bits per heavy atom. The Hall–Kier alpha value is -0.540. The maximum Gasteiger partial charge on any atom is 0.458 e. The second-order valence-electron chi connectivity index (χ2n) is 2.45. The summed E-state index contributed by atoms with van der Waals surface area (Å²) >= 11 is 5.68.